The zero-order valence-corrected chi connectivity index (χ0v) is 22.2. The molecule has 1 unspecified atom stereocenters. The molecule has 192 valence electrons. The van der Waals surface area contributed by atoms with E-state index in [-0.39, 0.29) is 39.2 Å². The molecule has 1 fully saturated rings. The van der Waals surface area contributed by atoms with Crippen molar-refractivity contribution in [2.45, 2.75) is 12.6 Å². The van der Waals surface area contributed by atoms with Crippen LogP contribution in [0.15, 0.2) is 60.4 Å². The van der Waals surface area contributed by atoms with Crippen LogP contribution in [0.2, 0.25) is 10.0 Å². The maximum Gasteiger partial charge on any atom is 0.295 e. The van der Waals surface area contributed by atoms with Crippen molar-refractivity contribution in [3.8, 4) is 11.5 Å². The molecule has 1 aromatic heterocycles. The number of halogens is 2. The molecule has 10 heteroatoms. The number of aliphatic hydroxyl groups excluding tert-OH is 1. The average molecular weight is 542 g/mol. The van der Waals surface area contributed by atoms with Gasteiger partial charge in [-0.2, -0.15) is 0 Å². The third-order valence-corrected chi connectivity index (χ3v) is 6.76. The average Bonchev–Trinajstić information content (AvgIpc) is 3.13. The Kier molecular flexibility index (Phi) is 7.61. The fraction of sp³-hybridized carbons (Fsp3) is 0.222. The van der Waals surface area contributed by atoms with Gasteiger partial charge in [0, 0.05) is 38.7 Å². The van der Waals surface area contributed by atoms with Crippen molar-refractivity contribution in [2.24, 2.45) is 0 Å². The third kappa shape index (κ3) is 4.82. The number of pyridine rings is 1. The van der Waals surface area contributed by atoms with Crippen LogP contribution in [0, 0.1) is 0 Å². The molecule has 8 nitrogen and oxygen atoms in total. The monoisotopic (exact) mass is 541 g/mol. The Bertz CT molecular complexity index is 1380. The lowest BCUT2D eigenvalue weighted by Crippen LogP contribution is -2.29. The number of aliphatic hydroxyl groups is 1. The minimum atomic E-state index is -0.888. The van der Waals surface area contributed by atoms with E-state index >= 15 is 0 Å². The van der Waals surface area contributed by atoms with Crippen molar-refractivity contribution >= 4 is 46.3 Å². The molecule has 4 rings (SSSR count). The number of hydrogen-bond donors (Lipinski definition) is 1. The summed E-state index contributed by atoms with van der Waals surface area (Å²) in [5.41, 5.74) is 2.25. The van der Waals surface area contributed by atoms with Gasteiger partial charge in [0.1, 0.15) is 10.8 Å². The summed E-state index contributed by atoms with van der Waals surface area (Å²) >= 11 is 12.8. The summed E-state index contributed by atoms with van der Waals surface area (Å²) in [6.07, 6.45) is 3.25. The Labute approximate surface area is 224 Å². The van der Waals surface area contributed by atoms with E-state index in [4.69, 9.17) is 32.7 Å². The first-order chi connectivity index (χ1) is 17.7. The standard InChI is InChI=1S/C27H25Cl2N3O5/c1-31(2)17-9-7-16(8-10-17)22-20(24(34)27(35)32(22)14-15-6-5-11-30-13-15)23(33)18-12-19(28)26(37-4)21(29)25(18)36-3/h5-13,22,33H,14H2,1-4H3/b23-20+. The molecule has 1 N–H and O–H groups in total. The van der Waals surface area contributed by atoms with Crippen molar-refractivity contribution in [1.82, 2.24) is 9.88 Å². The number of rotatable bonds is 7. The minimum Gasteiger partial charge on any atom is -0.507 e. The molecule has 0 saturated carbocycles. The minimum absolute atomic E-state index is 0.0236. The highest BCUT2D eigenvalue weighted by Gasteiger charge is 2.46. The second-order valence-corrected chi connectivity index (χ2v) is 9.35. The molecule has 0 bridgehead atoms. The van der Waals surface area contributed by atoms with E-state index in [9.17, 15) is 14.7 Å². The molecule has 0 radical (unpaired) electrons. The lowest BCUT2D eigenvalue weighted by atomic mass is 9.94. The third-order valence-electron chi connectivity index (χ3n) is 6.14. The van der Waals surface area contributed by atoms with Gasteiger partial charge in [-0.3, -0.25) is 14.6 Å². The summed E-state index contributed by atoms with van der Waals surface area (Å²) in [7, 11) is 6.58. The second kappa shape index (κ2) is 10.7. The van der Waals surface area contributed by atoms with Crippen LogP contribution in [0.25, 0.3) is 5.76 Å². The molecule has 2 aromatic carbocycles. The Morgan fingerprint density at radius 1 is 1.08 bits per heavy atom. The SMILES string of the molecule is COc1c(Cl)cc(/C(O)=C2\C(=O)C(=O)N(Cc3cccnc3)C2c2ccc(N(C)C)cc2)c(OC)c1Cl. The number of carbonyl (C=O) groups is 2. The van der Waals surface area contributed by atoms with Gasteiger partial charge >= 0.3 is 0 Å². The lowest BCUT2D eigenvalue weighted by Gasteiger charge is -2.26. The zero-order chi connectivity index (χ0) is 26.9. The number of amides is 1. The van der Waals surface area contributed by atoms with E-state index in [1.165, 1.54) is 25.2 Å². The molecule has 0 spiro atoms. The van der Waals surface area contributed by atoms with Crippen LogP contribution in [0.4, 0.5) is 5.69 Å². The van der Waals surface area contributed by atoms with E-state index in [1.807, 2.05) is 49.3 Å². The number of hydrogen-bond acceptors (Lipinski definition) is 7. The number of nitrogens with zero attached hydrogens (tertiary/aromatic N) is 3. The molecule has 1 amide bonds. The van der Waals surface area contributed by atoms with E-state index in [2.05, 4.69) is 4.98 Å². The fourth-order valence-electron chi connectivity index (χ4n) is 4.32. The summed E-state index contributed by atoms with van der Waals surface area (Å²) in [5, 5.41) is 11.6. The highest BCUT2D eigenvalue weighted by molar-refractivity contribution is 6.47. The first-order valence-electron chi connectivity index (χ1n) is 11.2. The van der Waals surface area contributed by atoms with Gasteiger partial charge in [-0.1, -0.05) is 41.4 Å². The van der Waals surface area contributed by atoms with Gasteiger partial charge in [0.05, 0.1) is 36.4 Å². The number of ketones is 1. The van der Waals surface area contributed by atoms with Gasteiger partial charge in [-0.05, 0) is 35.4 Å². The first-order valence-corrected chi connectivity index (χ1v) is 12.0. The number of aromatic nitrogens is 1. The largest absolute Gasteiger partial charge is 0.507 e. The Morgan fingerprint density at radius 3 is 2.32 bits per heavy atom. The van der Waals surface area contributed by atoms with E-state index < -0.39 is 23.5 Å². The number of benzene rings is 2. The molecule has 0 aliphatic carbocycles. The predicted octanol–water partition coefficient (Wildman–Crippen LogP) is 5.09. The second-order valence-electron chi connectivity index (χ2n) is 8.56. The molecule has 1 aliphatic rings. The number of ether oxygens (including phenoxy) is 2. The molecule has 1 aliphatic heterocycles. The van der Waals surface area contributed by atoms with Crippen LogP contribution in [0.5, 0.6) is 11.5 Å². The fourth-order valence-corrected chi connectivity index (χ4v) is 5.01. The molecular weight excluding hydrogens is 517 g/mol. The van der Waals surface area contributed by atoms with E-state index in [1.54, 1.807) is 18.5 Å². The predicted molar refractivity (Wildman–Crippen MR) is 142 cm³/mol. The summed E-state index contributed by atoms with van der Waals surface area (Å²) in [4.78, 5) is 34.2. The zero-order valence-electron chi connectivity index (χ0n) is 20.7. The van der Waals surface area contributed by atoms with Crippen molar-refractivity contribution in [2.75, 3.05) is 33.2 Å². The molecule has 37 heavy (non-hydrogen) atoms. The van der Waals surface area contributed by atoms with Crippen LogP contribution in [-0.4, -0.2) is 55.0 Å². The Hall–Kier alpha value is -3.75. The molecule has 1 saturated heterocycles. The Balaban J connectivity index is 1.94. The number of methoxy groups -OCH3 is 2. The van der Waals surface area contributed by atoms with Crippen molar-refractivity contribution in [3.63, 3.8) is 0 Å². The van der Waals surface area contributed by atoms with Gasteiger partial charge in [-0.25, -0.2) is 0 Å². The van der Waals surface area contributed by atoms with Gasteiger partial charge in [-0.15, -0.1) is 0 Å². The molecule has 2 heterocycles. The number of carbonyl (C=O) groups excluding carboxylic acids is 2. The normalized spacial score (nSPS) is 16.7. The van der Waals surface area contributed by atoms with Gasteiger partial charge in [0.15, 0.2) is 11.5 Å². The van der Waals surface area contributed by atoms with Crippen molar-refractivity contribution < 1.29 is 24.2 Å². The van der Waals surface area contributed by atoms with Crippen LogP contribution in [-0.2, 0) is 16.1 Å². The van der Waals surface area contributed by atoms with E-state index in [0.717, 1.165) is 11.3 Å². The van der Waals surface area contributed by atoms with Gasteiger partial charge in [0.2, 0.25) is 0 Å². The summed E-state index contributed by atoms with van der Waals surface area (Å²) in [6, 6.07) is 11.5. The van der Waals surface area contributed by atoms with Crippen LogP contribution in [0.1, 0.15) is 22.7 Å². The van der Waals surface area contributed by atoms with Crippen molar-refractivity contribution in [1.29, 1.82) is 0 Å². The maximum atomic E-state index is 13.4. The molecule has 3 aromatic rings. The number of likely N-dealkylation sites (tertiary alicyclic amines) is 1. The Morgan fingerprint density at radius 2 is 1.76 bits per heavy atom. The van der Waals surface area contributed by atoms with Crippen molar-refractivity contribution in [3.05, 3.63) is 87.2 Å². The smallest absolute Gasteiger partial charge is 0.295 e. The topological polar surface area (TPSA) is 92.2 Å². The summed E-state index contributed by atoms with van der Waals surface area (Å²) in [5.74, 6) is -1.84. The maximum absolute atomic E-state index is 13.4. The van der Waals surface area contributed by atoms with Crippen LogP contribution in [0.3, 0.4) is 0 Å². The van der Waals surface area contributed by atoms with Gasteiger partial charge < -0.3 is 24.4 Å². The molecule has 1 atom stereocenters. The highest BCUT2D eigenvalue weighted by atomic mass is 35.5. The highest BCUT2D eigenvalue weighted by Crippen LogP contribution is 2.47. The molecular formula is C27H25Cl2N3O5. The van der Waals surface area contributed by atoms with Gasteiger partial charge in [0.25, 0.3) is 11.7 Å². The number of Topliss-reactive ketones (excluding diaryl/α,β-unsaturated/α-hetero) is 1. The quantitative estimate of drug-likeness (QED) is 0.253. The van der Waals surface area contributed by atoms with Crippen LogP contribution < -0.4 is 14.4 Å². The number of anilines is 1. The van der Waals surface area contributed by atoms with E-state index in [0.29, 0.717) is 5.56 Å². The first kappa shape index (κ1) is 26.3. The summed E-state index contributed by atoms with van der Waals surface area (Å²) in [6.45, 7) is 0.108. The van der Waals surface area contributed by atoms with Crippen LogP contribution >= 0.6 is 23.2 Å². The summed E-state index contributed by atoms with van der Waals surface area (Å²) < 4.78 is 10.7. The lowest BCUT2D eigenvalue weighted by molar-refractivity contribution is -0.140.